The van der Waals surface area contributed by atoms with Crippen LogP contribution >= 0.6 is 15.9 Å². The average molecular weight is 288 g/mol. The lowest BCUT2D eigenvalue weighted by Gasteiger charge is -2.06. The number of hydrogen-bond donors (Lipinski definition) is 0. The van der Waals surface area contributed by atoms with Crippen molar-refractivity contribution in [3.05, 3.63) is 39.4 Å². The SMILES string of the molecule is COC(=O)c1cccc([N+](=O)[O-])c1CCBr. The molecule has 1 aromatic rings. The lowest BCUT2D eigenvalue weighted by molar-refractivity contribution is -0.385. The van der Waals surface area contributed by atoms with E-state index in [0.29, 0.717) is 17.3 Å². The molecule has 1 aromatic carbocycles. The van der Waals surface area contributed by atoms with E-state index in [0.717, 1.165) is 0 Å². The van der Waals surface area contributed by atoms with E-state index in [2.05, 4.69) is 20.7 Å². The fourth-order valence-corrected chi connectivity index (χ4v) is 1.80. The van der Waals surface area contributed by atoms with Gasteiger partial charge in [-0.2, -0.15) is 0 Å². The molecule has 0 amide bonds. The minimum Gasteiger partial charge on any atom is -0.465 e. The van der Waals surface area contributed by atoms with Crippen LogP contribution in [0.25, 0.3) is 0 Å². The molecule has 86 valence electrons. The third kappa shape index (κ3) is 2.57. The zero-order valence-corrected chi connectivity index (χ0v) is 10.2. The molecule has 0 aliphatic rings. The number of ether oxygens (including phenoxy) is 1. The summed E-state index contributed by atoms with van der Waals surface area (Å²) in [4.78, 5) is 21.7. The molecule has 0 aromatic heterocycles. The van der Waals surface area contributed by atoms with Crippen molar-refractivity contribution in [3.8, 4) is 0 Å². The molecule has 6 heteroatoms. The fourth-order valence-electron chi connectivity index (χ4n) is 1.40. The van der Waals surface area contributed by atoms with Gasteiger partial charge in [0, 0.05) is 17.0 Å². The van der Waals surface area contributed by atoms with E-state index in [9.17, 15) is 14.9 Å². The summed E-state index contributed by atoms with van der Waals surface area (Å²) in [5.41, 5.74) is 0.592. The summed E-state index contributed by atoms with van der Waals surface area (Å²) >= 11 is 3.20. The molecule has 5 nitrogen and oxygen atoms in total. The quantitative estimate of drug-likeness (QED) is 0.369. The Morgan fingerprint density at radius 2 is 2.25 bits per heavy atom. The van der Waals surface area contributed by atoms with E-state index in [4.69, 9.17) is 0 Å². The molecule has 0 spiro atoms. The second-order valence-corrected chi connectivity index (χ2v) is 3.78. The first-order valence-electron chi connectivity index (χ1n) is 4.52. The van der Waals surface area contributed by atoms with E-state index in [1.54, 1.807) is 0 Å². The Bertz CT molecular complexity index is 419. The number of methoxy groups -OCH3 is 1. The van der Waals surface area contributed by atoms with Gasteiger partial charge in [0.1, 0.15) is 0 Å². The summed E-state index contributed by atoms with van der Waals surface area (Å²) in [6.07, 6.45) is 0.404. The van der Waals surface area contributed by atoms with Gasteiger partial charge >= 0.3 is 5.97 Å². The minimum absolute atomic E-state index is 0.0534. The van der Waals surface area contributed by atoms with Gasteiger partial charge in [-0.15, -0.1) is 0 Å². The third-order valence-corrected chi connectivity index (χ3v) is 2.49. The Morgan fingerprint density at radius 1 is 1.56 bits per heavy atom. The molecule has 0 saturated carbocycles. The van der Waals surface area contributed by atoms with Gasteiger partial charge in [-0.3, -0.25) is 10.1 Å². The highest BCUT2D eigenvalue weighted by Gasteiger charge is 2.20. The number of carbonyl (C=O) groups is 1. The van der Waals surface area contributed by atoms with E-state index in [1.807, 2.05) is 0 Å². The number of esters is 1. The van der Waals surface area contributed by atoms with E-state index in [1.165, 1.54) is 25.3 Å². The lowest BCUT2D eigenvalue weighted by atomic mass is 10.0. The molecule has 0 heterocycles. The first kappa shape index (κ1) is 12.6. The molecule has 0 aliphatic carbocycles. The summed E-state index contributed by atoms with van der Waals surface area (Å²) in [6.45, 7) is 0. The van der Waals surface area contributed by atoms with Crippen molar-refractivity contribution in [3.63, 3.8) is 0 Å². The number of rotatable bonds is 4. The number of carbonyl (C=O) groups excluding carboxylic acids is 1. The molecule has 0 fully saturated rings. The van der Waals surface area contributed by atoms with Gasteiger partial charge in [0.2, 0.25) is 0 Å². The zero-order chi connectivity index (χ0) is 12.1. The Labute approximate surface area is 101 Å². The zero-order valence-electron chi connectivity index (χ0n) is 8.60. The molecular formula is C10H10BrNO4. The number of nitro benzene ring substituents is 1. The summed E-state index contributed by atoms with van der Waals surface area (Å²) in [6, 6.07) is 4.38. The van der Waals surface area contributed by atoms with Crippen LogP contribution in [0.15, 0.2) is 18.2 Å². The van der Waals surface area contributed by atoms with Crippen molar-refractivity contribution in [1.82, 2.24) is 0 Å². The standard InChI is InChI=1S/C10H10BrNO4/c1-16-10(13)8-3-2-4-9(12(14)15)7(8)5-6-11/h2-4H,5-6H2,1H3. The molecular weight excluding hydrogens is 278 g/mol. The smallest absolute Gasteiger partial charge is 0.338 e. The topological polar surface area (TPSA) is 69.4 Å². The Balaban J connectivity index is 3.32. The van der Waals surface area contributed by atoms with Crippen molar-refractivity contribution < 1.29 is 14.5 Å². The molecule has 0 saturated heterocycles. The number of hydrogen-bond acceptors (Lipinski definition) is 4. The van der Waals surface area contributed by atoms with Gasteiger partial charge < -0.3 is 4.74 Å². The van der Waals surface area contributed by atoms with Gasteiger partial charge in [-0.1, -0.05) is 22.0 Å². The molecule has 1 rings (SSSR count). The molecule has 0 bridgehead atoms. The van der Waals surface area contributed by atoms with Crippen LogP contribution in [-0.4, -0.2) is 23.3 Å². The molecule has 0 aliphatic heterocycles. The lowest BCUT2D eigenvalue weighted by Crippen LogP contribution is -2.08. The van der Waals surface area contributed by atoms with Gasteiger partial charge in [-0.25, -0.2) is 4.79 Å². The summed E-state index contributed by atoms with van der Waals surface area (Å²) < 4.78 is 4.58. The maximum absolute atomic E-state index is 11.4. The predicted molar refractivity (Wildman–Crippen MR) is 61.9 cm³/mol. The number of nitro groups is 1. The predicted octanol–water partition coefficient (Wildman–Crippen LogP) is 2.32. The normalized spacial score (nSPS) is 9.88. The van der Waals surface area contributed by atoms with Crippen molar-refractivity contribution in [2.45, 2.75) is 6.42 Å². The molecule has 0 unspecified atom stereocenters. The molecule has 0 atom stereocenters. The largest absolute Gasteiger partial charge is 0.465 e. The highest BCUT2D eigenvalue weighted by molar-refractivity contribution is 9.09. The number of benzene rings is 1. The van der Waals surface area contributed by atoms with Crippen LogP contribution in [0.3, 0.4) is 0 Å². The number of halogens is 1. The summed E-state index contributed by atoms with van der Waals surface area (Å²) in [5, 5.41) is 11.3. The third-order valence-electron chi connectivity index (χ3n) is 2.10. The van der Waals surface area contributed by atoms with E-state index >= 15 is 0 Å². The fraction of sp³-hybridized carbons (Fsp3) is 0.300. The van der Waals surface area contributed by atoms with Crippen molar-refractivity contribution >= 4 is 27.6 Å². The van der Waals surface area contributed by atoms with Gasteiger partial charge in [0.25, 0.3) is 5.69 Å². The number of nitrogens with zero attached hydrogens (tertiary/aromatic N) is 1. The Morgan fingerprint density at radius 3 is 2.75 bits per heavy atom. The summed E-state index contributed by atoms with van der Waals surface area (Å²) in [5.74, 6) is -0.556. The van der Waals surface area contributed by atoms with E-state index < -0.39 is 10.9 Å². The highest BCUT2D eigenvalue weighted by atomic mass is 79.9. The van der Waals surface area contributed by atoms with Gasteiger partial charge in [0.15, 0.2) is 0 Å². The first-order chi connectivity index (χ1) is 7.61. The maximum atomic E-state index is 11.4. The van der Waals surface area contributed by atoms with Crippen LogP contribution in [0.1, 0.15) is 15.9 Å². The highest BCUT2D eigenvalue weighted by Crippen LogP contribution is 2.24. The molecule has 16 heavy (non-hydrogen) atoms. The van der Waals surface area contributed by atoms with Crippen LogP contribution in [0, 0.1) is 10.1 Å². The second-order valence-electron chi connectivity index (χ2n) is 2.99. The van der Waals surface area contributed by atoms with Gasteiger partial charge in [0.05, 0.1) is 17.6 Å². The minimum atomic E-state index is -0.556. The van der Waals surface area contributed by atoms with Crippen LogP contribution in [0.2, 0.25) is 0 Å². The molecule has 0 N–H and O–H groups in total. The number of alkyl halides is 1. The van der Waals surface area contributed by atoms with Crippen LogP contribution in [0.4, 0.5) is 5.69 Å². The molecule has 0 radical (unpaired) electrons. The first-order valence-corrected chi connectivity index (χ1v) is 5.64. The summed E-state index contributed by atoms with van der Waals surface area (Å²) in [7, 11) is 1.25. The van der Waals surface area contributed by atoms with Crippen molar-refractivity contribution in [1.29, 1.82) is 0 Å². The van der Waals surface area contributed by atoms with E-state index in [-0.39, 0.29) is 11.3 Å². The monoisotopic (exact) mass is 287 g/mol. The van der Waals surface area contributed by atoms with Gasteiger partial charge in [-0.05, 0) is 12.5 Å². The second kappa shape index (κ2) is 5.60. The van der Waals surface area contributed by atoms with Crippen molar-refractivity contribution in [2.75, 3.05) is 12.4 Å². The van der Waals surface area contributed by atoms with Crippen LogP contribution in [-0.2, 0) is 11.2 Å². The van der Waals surface area contributed by atoms with Crippen LogP contribution < -0.4 is 0 Å². The average Bonchev–Trinajstić information content (AvgIpc) is 2.28. The maximum Gasteiger partial charge on any atom is 0.338 e. The Hall–Kier alpha value is -1.43. The van der Waals surface area contributed by atoms with Crippen molar-refractivity contribution in [2.24, 2.45) is 0 Å². The Kier molecular flexibility index (Phi) is 4.42. The van der Waals surface area contributed by atoms with Crippen LogP contribution in [0.5, 0.6) is 0 Å².